The lowest BCUT2D eigenvalue weighted by molar-refractivity contribution is -0.661. The van der Waals surface area contributed by atoms with Gasteiger partial charge in [0, 0.05) is 36.0 Å². The summed E-state index contributed by atoms with van der Waals surface area (Å²) in [4.78, 5) is 23.3. The Balaban J connectivity index is 1.48. The van der Waals surface area contributed by atoms with E-state index in [0.717, 1.165) is 53.7 Å². The van der Waals surface area contributed by atoms with Crippen molar-refractivity contribution < 1.29 is 13.8 Å². The predicted molar refractivity (Wildman–Crippen MR) is 112 cm³/mol. The summed E-state index contributed by atoms with van der Waals surface area (Å²) in [5, 5.41) is 6.29. The quantitative estimate of drug-likeness (QED) is 0.648. The van der Waals surface area contributed by atoms with Gasteiger partial charge in [0.25, 0.3) is 5.91 Å². The summed E-state index contributed by atoms with van der Waals surface area (Å²) in [7, 11) is 1.96. The molecule has 1 saturated carbocycles. The van der Waals surface area contributed by atoms with E-state index in [9.17, 15) is 4.79 Å². The highest BCUT2D eigenvalue weighted by Crippen LogP contribution is 2.45. The first-order valence-electron chi connectivity index (χ1n) is 10.2. The fourth-order valence-corrected chi connectivity index (χ4v) is 4.14. The second-order valence-electron chi connectivity index (χ2n) is 8.05. The smallest absolute Gasteiger partial charge is 0.387 e. The molecule has 0 atom stereocenters. The van der Waals surface area contributed by atoms with Crippen molar-refractivity contribution in [3.63, 3.8) is 0 Å². The maximum Gasteiger partial charge on any atom is 0.457 e. The van der Waals surface area contributed by atoms with Crippen LogP contribution in [0.3, 0.4) is 0 Å². The lowest BCUT2D eigenvalue weighted by atomic mass is 10.1. The molecule has 30 heavy (non-hydrogen) atoms. The number of hydrogen-bond donors (Lipinski definition) is 2. The zero-order valence-corrected chi connectivity index (χ0v) is 17.4. The first-order chi connectivity index (χ1) is 14.5. The van der Waals surface area contributed by atoms with Gasteiger partial charge in [0.1, 0.15) is 12.7 Å². The van der Waals surface area contributed by atoms with Gasteiger partial charge >= 0.3 is 6.01 Å². The molecule has 1 aliphatic heterocycles. The van der Waals surface area contributed by atoms with Crippen LogP contribution in [0.1, 0.15) is 24.1 Å². The highest BCUT2D eigenvalue weighted by molar-refractivity contribution is 5.93. The largest absolute Gasteiger partial charge is 0.457 e. The number of carbonyl (C=O) groups is 1. The number of rotatable bonds is 4. The first-order valence-corrected chi connectivity index (χ1v) is 10.2. The maximum atomic E-state index is 12.4. The van der Waals surface area contributed by atoms with E-state index < -0.39 is 5.54 Å². The molecule has 1 saturated heterocycles. The fraction of sp³-hybridized carbons (Fsp3) is 0.364. The van der Waals surface area contributed by atoms with Crippen LogP contribution in [0.2, 0.25) is 0 Å². The molecule has 1 aliphatic carbocycles. The summed E-state index contributed by atoms with van der Waals surface area (Å²) in [6.45, 7) is 5.36. The van der Waals surface area contributed by atoms with Gasteiger partial charge in [-0.05, 0) is 31.5 Å². The molecule has 3 heterocycles. The molecular formula is C22H25N6O2+. The Morgan fingerprint density at radius 2 is 2.10 bits per heavy atom. The van der Waals surface area contributed by atoms with Crippen LogP contribution in [0, 0.1) is 13.8 Å². The summed E-state index contributed by atoms with van der Waals surface area (Å²) in [6.07, 6.45) is 5.45. The number of benzene rings is 1. The van der Waals surface area contributed by atoms with E-state index in [1.807, 2.05) is 55.9 Å². The van der Waals surface area contributed by atoms with Crippen LogP contribution in [0.5, 0.6) is 0 Å². The Morgan fingerprint density at radius 3 is 2.87 bits per heavy atom. The summed E-state index contributed by atoms with van der Waals surface area (Å²) in [6, 6.07) is 8.61. The Labute approximate surface area is 175 Å². The molecule has 3 aromatic rings. The van der Waals surface area contributed by atoms with Gasteiger partial charge < -0.3 is 15.1 Å². The maximum absolute atomic E-state index is 12.4. The average molecular weight is 405 g/mol. The van der Waals surface area contributed by atoms with Crippen molar-refractivity contribution in [2.75, 3.05) is 23.3 Å². The minimum absolute atomic E-state index is 0.104. The number of hydrogen-bond acceptors (Lipinski definition) is 6. The third-order valence-electron chi connectivity index (χ3n) is 5.97. The number of aryl methyl sites for hydroxylation is 2. The second kappa shape index (κ2) is 6.83. The topological polar surface area (TPSA) is 87.2 Å². The molecule has 2 N–H and O–H groups in total. The molecule has 0 unspecified atom stereocenters. The Hall–Kier alpha value is -3.42. The van der Waals surface area contributed by atoms with E-state index in [1.54, 1.807) is 6.20 Å². The van der Waals surface area contributed by atoms with Gasteiger partial charge in [-0.1, -0.05) is 12.1 Å². The van der Waals surface area contributed by atoms with E-state index in [0.29, 0.717) is 12.5 Å². The molecule has 1 amide bonds. The molecule has 154 valence electrons. The monoisotopic (exact) mass is 405 g/mol. The van der Waals surface area contributed by atoms with Crippen LogP contribution >= 0.6 is 0 Å². The second-order valence-corrected chi connectivity index (χ2v) is 8.05. The minimum Gasteiger partial charge on any atom is -0.387 e. The molecule has 1 aromatic carbocycles. The third kappa shape index (κ3) is 2.99. The number of nitrogens with one attached hydrogen (secondary N) is 2. The van der Waals surface area contributed by atoms with Crippen molar-refractivity contribution in [2.45, 2.75) is 32.2 Å². The standard InChI is InChI=1S/C22H24N6O2/c1-14-7-10-24-20(25-14)26-17-6-4-5-16(15(17)2)18-13-27(3)21(30-18)28-12-11-23-19(29)22(28)8-9-22/h4-7,10,13H,8-9,11-12H2,1-3H3,(H-,23,24,25,26,29)/p+1. The minimum atomic E-state index is -0.438. The number of aromatic nitrogens is 3. The molecule has 2 aromatic heterocycles. The van der Waals surface area contributed by atoms with Crippen LogP contribution in [0.25, 0.3) is 11.3 Å². The fourth-order valence-electron chi connectivity index (χ4n) is 4.14. The summed E-state index contributed by atoms with van der Waals surface area (Å²) >= 11 is 0. The summed E-state index contributed by atoms with van der Waals surface area (Å²) in [5.74, 6) is 1.43. The van der Waals surface area contributed by atoms with Crippen LogP contribution in [-0.4, -0.2) is 34.5 Å². The number of anilines is 3. The van der Waals surface area contributed by atoms with Crippen molar-refractivity contribution in [1.29, 1.82) is 0 Å². The number of amides is 1. The SMILES string of the molecule is Cc1ccnc(Nc2cccc(-c3c[n+](C)c(N4CCNC(=O)C45CC5)o3)c2C)n1. The van der Waals surface area contributed by atoms with E-state index in [2.05, 4.69) is 25.5 Å². The lowest BCUT2D eigenvalue weighted by Gasteiger charge is -2.28. The van der Waals surface area contributed by atoms with Gasteiger partial charge in [0.15, 0.2) is 11.3 Å². The molecule has 0 bridgehead atoms. The van der Waals surface area contributed by atoms with Gasteiger partial charge in [-0.3, -0.25) is 4.79 Å². The molecule has 8 heteroatoms. The van der Waals surface area contributed by atoms with Crippen LogP contribution in [0.15, 0.2) is 41.1 Å². The summed E-state index contributed by atoms with van der Waals surface area (Å²) < 4.78 is 8.29. The van der Waals surface area contributed by atoms with E-state index in [4.69, 9.17) is 4.42 Å². The zero-order valence-electron chi connectivity index (χ0n) is 17.4. The van der Waals surface area contributed by atoms with Crippen molar-refractivity contribution in [3.05, 3.63) is 47.9 Å². The van der Waals surface area contributed by atoms with Gasteiger partial charge in [-0.2, -0.15) is 4.57 Å². The summed E-state index contributed by atoms with van der Waals surface area (Å²) in [5.41, 5.74) is 3.42. The van der Waals surface area contributed by atoms with Crippen molar-refractivity contribution in [3.8, 4) is 11.3 Å². The van der Waals surface area contributed by atoms with Gasteiger partial charge in [-0.25, -0.2) is 14.9 Å². The average Bonchev–Trinajstić information content (AvgIpc) is 3.42. The molecule has 0 radical (unpaired) electrons. The van der Waals surface area contributed by atoms with Crippen LogP contribution < -0.4 is 20.1 Å². The molecule has 5 rings (SSSR count). The molecule has 2 fully saturated rings. The number of oxazole rings is 1. The Bertz CT molecular complexity index is 1130. The first kappa shape index (κ1) is 18.6. The number of carbonyl (C=O) groups excluding carboxylic acids is 1. The normalized spacial score (nSPS) is 17.2. The van der Waals surface area contributed by atoms with Gasteiger partial charge in [0.2, 0.25) is 5.95 Å². The molecular weight excluding hydrogens is 380 g/mol. The molecule has 8 nitrogen and oxygen atoms in total. The highest BCUT2D eigenvalue weighted by Gasteiger charge is 2.63. The van der Waals surface area contributed by atoms with Crippen LogP contribution in [0.4, 0.5) is 17.7 Å². The van der Waals surface area contributed by atoms with Gasteiger partial charge in [0.05, 0.1) is 13.6 Å². The third-order valence-corrected chi connectivity index (χ3v) is 5.97. The van der Waals surface area contributed by atoms with E-state index >= 15 is 0 Å². The molecule has 1 spiro atoms. The van der Waals surface area contributed by atoms with Gasteiger partial charge in [-0.15, -0.1) is 0 Å². The highest BCUT2D eigenvalue weighted by atomic mass is 16.4. The Morgan fingerprint density at radius 1 is 1.27 bits per heavy atom. The van der Waals surface area contributed by atoms with Crippen molar-refractivity contribution in [1.82, 2.24) is 15.3 Å². The van der Waals surface area contributed by atoms with Crippen LogP contribution in [-0.2, 0) is 11.8 Å². The predicted octanol–water partition coefficient (Wildman–Crippen LogP) is 2.39. The van der Waals surface area contributed by atoms with E-state index in [-0.39, 0.29) is 5.91 Å². The number of piperazine rings is 1. The number of nitrogens with zero attached hydrogens (tertiary/aromatic N) is 4. The van der Waals surface area contributed by atoms with Crippen molar-refractivity contribution in [2.24, 2.45) is 7.05 Å². The zero-order chi connectivity index (χ0) is 20.9. The molecule has 2 aliphatic rings. The lowest BCUT2D eigenvalue weighted by Crippen LogP contribution is -2.59. The van der Waals surface area contributed by atoms with E-state index in [1.165, 1.54) is 0 Å². The van der Waals surface area contributed by atoms with Crippen molar-refractivity contribution >= 4 is 23.6 Å². The Kier molecular flexibility index (Phi) is 4.23.